The van der Waals surface area contributed by atoms with Crippen LogP contribution in [0.15, 0.2) is 0 Å². The van der Waals surface area contributed by atoms with Crippen molar-refractivity contribution in [3.05, 3.63) is 0 Å². The van der Waals surface area contributed by atoms with Crippen molar-refractivity contribution < 1.29 is 24.1 Å². The topological polar surface area (TPSA) is 57.2 Å². The summed E-state index contributed by atoms with van der Waals surface area (Å²) in [5.74, 6) is 0. The number of aliphatic hydroxyl groups excluding tert-OH is 1. The third-order valence-corrected chi connectivity index (χ3v) is 2.68. The normalized spacial score (nSPS) is 53.1. The smallest absolute Gasteiger partial charge is 0.186 e. The summed E-state index contributed by atoms with van der Waals surface area (Å²) in [6, 6.07) is 0. The van der Waals surface area contributed by atoms with E-state index in [1.807, 2.05) is 6.92 Å². The van der Waals surface area contributed by atoms with E-state index in [-0.39, 0.29) is 24.6 Å². The van der Waals surface area contributed by atoms with Gasteiger partial charge in [-0.3, -0.25) is 0 Å². The van der Waals surface area contributed by atoms with Gasteiger partial charge in [-0.2, -0.15) is 0 Å². The quantitative estimate of drug-likeness (QED) is 0.644. The predicted molar refractivity (Wildman–Crippen MR) is 46.6 cm³/mol. The molecule has 82 valence electrons. The van der Waals surface area contributed by atoms with Gasteiger partial charge in [-0.25, -0.2) is 0 Å². The van der Waals surface area contributed by atoms with Crippen molar-refractivity contribution in [2.75, 3.05) is 7.11 Å². The van der Waals surface area contributed by atoms with Crippen LogP contribution in [0, 0.1) is 0 Å². The Balaban J connectivity index is 2.10. The van der Waals surface area contributed by atoms with Gasteiger partial charge in [0.05, 0.1) is 6.10 Å². The number of hydrogen-bond donors (Lipinski definition) is 1. The van der Waals surface area contributed by atoms with Crippen LogP contribution in [-0.2, 0) is 18.9 Å². The first-order valence-corrected chi connectivity index (χ1v) is 4.80. The fourth-order valence-corrected chi connectivity index (χ4v) is 2.03. The summed E-state index contributed by atoms with van der Waals surface area (Å²) in [4.78, 5) is 0. The van der Waals surface area contributed by atoms with Gasteiger partial charge in [-0.15, -0.1) is 0 Å². The van der Waals surface area contributed by atoms with Gasteiger partial charge in [0.2, 0.25) is 0 Å². The van der Waals surface area contributed by atoms with Gasteiger partial charge in [0, 0.05) is 7.11 Å². The molecule has 0 spiro atoms. The van der Waals surface area contributed by atoms with E-state index in [9.17, 15) is 5.11 Å². The van der Waals surface area contributed by atoms with Crippen LogP contribution in [0.25, 0.3) is 0 Å². The predicted octanol–water partition coefficient (Wildman–Crippen LogP) is -0.132. The summed E-state index contributed by atoms with van der Waals surface area (Å²) >= 11 is 0. The maximum Gasteiger partial charge on any atom is 0.186 e. The summed E-state index contributed by atoms with van der Waals surface area (Å²) in [5.41, 5.74) is 0. The first kappa shape index (κ1) is 10.3. The molecule has 0 aromatic heterocycles. The van der Waals surface area contributed by atoms with Crippen molar-refractivity contribution in [1.29, 1.82) is 0 Å². The number of hydrogen-bond acceptors (Lipinski definition) is 5. The Morgan fingerprint density at radius 3 is 2.43 bits per heavy atom. The van der Waals surface area contributed by atoms with Crippen molar-refractivity contribution in [3.63, 3.8) is 0 Å². The van der Waals surface area contributed by atoms with Gasteiger partial charge in [0.25, 0.3) is 0 Å². The molecule has 1 N–H and O–H groups in total. The molecule has 2 rings (SSSR count). The lowest BCUT2D eigenvalue weighted by Gasteiger charge is -2.35. The van der Waals surface area contributed by atoms with Crippen LogP contribution in [0.2, 0.25) is 0 Å². The summed E-state index contributed by atoms with van der Waals surface area (Å²) in [6.45, 7) is 3.71. The van der Waals surface area contributed by atoms with Crippen molar-refractivity contribution >= 4 is 0 Å². The van der Waals surface area contributed by atoms with Crippen molar-refractivity contribution in [3.8, 4) is 0 Å². The molecule has 6 unspecified atom stereocenters. The fraction of sp³-hybridized carbons (Fsp3) is 1.00. The standard InChI is InChI=1S/C9H16O5/c1-4-7-8(13-5(2)12-4)6(10)9(11-3)14-7/h4-10H,1-3H3. The summed E-state index contributed by atoms with van der Waals surface area (Å²) in [5, 5.41) is 9.79. The zero-order valence-corrected chi connectivity index (χ0v) is 8.54. The van der Waals surface area contributed by atoms with E-state index in [1.165, 1.54) is 7.11 Å². The molecule has 5 nitrogen and oxygen atoms in total. The molecule has 14 heavy (non-hydrogen) atoms. The van der Waals surface area contributed by atoms with E-state index >= 15 is 0 Å². The molecule has 6 atom stereocenters. The molecule has 2 aliphatic heterocycles. The second-order valence-electron chi connectivity index (χ2n) is 3.70. The van der Waals surface area contributed by atoms with Crippen LogP contribution in [-0.4, -0.2) is 49.2 Å². The number of rotatable bonds is 1. The van der Waals surface area contributed by atoms with Gasteiger partial charge < -0.3 is 24.1 Å². The summed E-state index contributed by atoms with van der Waals surface area (Å²) in [6.07, 6.45) is -2.33. The van der Waals surface area contributed by atoms with Crippen LogP contribution in [0.1, 0.15) is 13.8 Å². The first-order chi connectivity index (χ1) is 6.63. The van der Waals surface area contributed by atoms with Crippen LogP contribution in [0.5, 0.6) is 0 Å². The number of ether oxygens (including phenoxy) is 4. The summed E-state index contributed by atoms with van der Waals surface area (Å²) < 4.78 is 21.3. The molecule has 0 aromatic rings. The van der Waals surface area contributed by atoms with Crippen LogP contribution >= 0.6 is 0 Å². The molecule has 2 saturated heterocycles. The van der Waals surface area contributed by atoms with E-state index in [0.717, 1.165) is 0 Å². The van der Waals surface area contributed by atoms with E-state index in [4.69, 9.17) is 18.9 Å². The highest BCUT2D eigenvalue weighted by Gasteiger charge is 2.50. The van der Waals surface area contributed by atoms with E-state index < -0.39 is 12.4 Å². The third-order valence-electron chi connectivity index (χ3n) is 2.68. The molecule has 0 amide bonds. The average molecular weight is 204 g/mol. The maximum atomic E-state index is 9.79. The molecule has 2 heterocycles. The monoisotopic (exact) mass is 204 g/mol. The van der Waals surface area contributed by atoms with Gasteiger partial charge in [0.1, 0.15) is 18.3 Å². The molecular weight excluding hydrogens is 188 g/mol. The maximum absolute atomic E-state index is 9.79. The Morgan fingerprint density at radius 1 is 1.07 bits per heavy atom. The molecule has 0 saturated carbocycles. The third kappa shape index (κ3) is 1.55. The number of methoxy groups -OCH3 is 1. The van der Waals surface area contributed by atoms with Crippen LogP contribution in [0.4, 0.5) is 0 Å². The molecule has 0 radical (unpaired) electrons. The van der Waals surface area contributed by atoms with Gasteiger partial charge in [-0.05, 0) is 13.8 Å². The van der Waals surface area contributed by atoms with E-state index in [0.29, 0.717) is 0 Å². The van der Waals surface area contributed by atoms with E-state index in [1.54, 1.807) is 6.92 Å². The SMILES string of the molecule is COC1OC2C(C)OC(C)OC2C1O. The number of aliphatic hydroxyl groups is 1. The molecule has 2 fully saturated rings. The summed E-state index contributed by atoms with van der Waals surface area (Å²) in [7, 11) is 1.50. The van der Waals surface area contributed by atoms with Crippen molar-refractivity contribution in [2.24, 2.45) is 0 Å². The fourth-order valence-electron chi connectivity index (χ4n) is 2.03. The zero-order chi connectivity index (χ0) is 10.3. The Bertz CT molecular complexity index is 209. The van der Waals surface area contributed by atoms with Crippen molar-refractivity contribution in [1.82, 2.24) is 0 Å². The minimum Gasteiger partial charge on any atom is -0.385 e. The lowest BCUT2D eigenvalue weighted by Crippen LogP contribution is -2.49. The largest absolute Gasteiger partial charge is 0.385 e. The highest BCUT2D eigenvalue weighted by molar-refractivity contribution is 4.93. The Kier molecular flexibility index (Phi) is 2.77. The van der Waals surface area contributed by atoms with Gasteiger partial charge in [0.15, 0.2) is 12.6 Å². The minimum atomic E-state index is -0.737. The second kappa shape index (κ2) is 3.75. The first-order valence-electron chi connectivity index (χ1n) is 4.80. The number of fused-ring (bicyclic) bond motifs is 1. The zero-order valence-electron chi connectivity index (χ0n) is 8.54. The highest BCUT2D eigenvalue weighted by Crippen LogP contribution is 2.32. The molecular formula is C9H16O5. The molecule has 0 bridgehead atoms. The Morgan fingerprint density at radius 2 is 1.79 bits per heavy atom. The van der Waals surface area contributed by atoms with Crippen LogP contribution < -0.4 is 0 Å². The lowest BCUT2D eigenvalue weighted by atomic mass is 10.1. The Hall–Kier alpha value is -0.200. The van der Waals surface area contributed by atoms with Gasteiger partial charge >= 0.3 is 0 Å². The van der Waals surface area contributed by atoms with Crippen LogP contribution in [0.3, 0.4) is 0 Å². The molecule has 2 aliphatic rings. The van der Waals surface area contributed by atoms with E-state index in [2.05, 4.69) is 0 Å². The lowest BCUT2D eigenvalue weighted by molar-refractivity contribution is -0.269. The average Bonchev–Trinajstić information content (AvgIpc) is 2.44. The van der Waals surface area contributed by atoms with Gasteiger partial charge in [-0.1, -0.05) is 0 Å². The molecule has 0 aliphatic carbocycles. The van der Waals surface area contributed by atoms with Crippen molar-refractivity contribution in [2.45, 2.75) is 50.8 Å². The second-order valence-corrected chi connectivity index (χ2v) is 3.70. The highest BCUT2D eigenvalue weighted by atomic mass is 16.8. The Labute approximate surface area is 82.9 Å². The minimum absolute atomic E-state index is 0.0847. The molecule has 0 aromatic carbocycles. The molecule has 5 heteroatoms.